The van der Waals surface area contributed by atoms with E-state index in [0.717, 1.165) is 13.0 Å². The highest BCUT2D eigenvalue weighted by Crippen LogP contribution is 2.32. The van der Waals surface area contributed by atoms with Crippen LogP contribution < -0.4 is 0 Å². The van der Waals surface area contributed by atoms with Crippen molar-refractivity contribution in [3.63, 3.8) is 0 Å². The van der Waals surface area contributed by atoms with E-state index in [1.807, 2.05) is 11.3 Å². The van der Waals surface area contributed by atoms with Crippen molar-refractivity contribution in [3.05, 3.63) is 21.4 Å². The molecule has 64 valence electrons. The topological polar surface area (TPSA) is 12.5 Å². The molecule has 3 rings (SSSR count). The smallest absolute Gasteiger partial charge is 0.0858 e. The van der Waals surface area contributed by atoms with Gasteiger partial charge in [-0.25, -0.2) is 0 Å². The highest BCUT2D eigenvalue weighted by molar-refractivity contribution is 7.12. The molecule has 1 nitrogen and oxygen atoms in total. The van der Waals surface area contributed by atoms with E-state index in [1.165, 1.54) is 19.3 Å². The quantitative estimate of drug-likeness (QED) is 0.635. The lowest BCUT2D eigenvalue weighted by atomic mass is 10.2. The van der Waals surface area contributed by atoms with Crippen LogP contribution in [-0.2, 0) is 24.0 Å². The minimum Gasteiger partial charge on any atom is -0.373 e. The Bertz CT molecular complexity index is 277. The van der Waals surface area contributed by atoms with Crippen molar-refractivity contribution >= 4 is 11.3 Å². The van der Waals surface area contributed by atoms with Gasteiger partial charge in [-0.3, -0.25) is 0 Å². The van der Waals surface area contributed by atoms with Gasteiger partial charge in [0.15, 0.2) is 0 Å². The summed E-state index contributed by atoms with van der Waals surface area (Å²) in [6.07, 6.45) is 5.74. The maximum absolute atomic E-state index is 5.22. The zero-order valence-electron chi connectivity index (χ0n) is 7.01. The van der Waals surface area contributed by atoms with E-state index < -0.39 is 0 Å². The summed E-state index contributed by atoms with van der Waals surface area (Å²) >= 11 is 2.01. The second-order valence-electron chi connectivity index (χ2n) is 3.67. The van der Waals surface area contributed by atoms with Gasteiger partial charge in [0.25, 0.3) is 0 Å². The zero-order valence-corrected chi connectivity index (χ0v) is 7.82. The van der Waals surface area contributed by atoms with E-state index in [-0.39, 0.29) is 0 Å². The summed E-state index contributed by atoms with van der Waals surface area (Å²) < 4.78 is 5.22. The lowest BCUT2D eigenvalue weighted by Gasteiger charge is -1.90. The molecule has 1 aliphatic carbocycles. The van der Waals surface area contributed by atoms with Crippen molar-refractivity contribution in [2.45, 2.75) is 31.8 Å². The summed E-state index contributed by atoms with van der Waals surface area (Å²) in [5, 5.41) is 0. The van der Waals surface area contributed by atoms with Gasteiger partial charge < -0.3 is 4.74 Å². The van der Waals surface area contributed by atoms with Gasteiger partial charge in [0.2, 0.25) is 0 Å². The van der Waals surface area contributed by atoms with Gasteiger partial charge in [-0.2, -0.15) is 0 Å². The van der Waals surface area contributed by atoms with Crippen molar-refractivity contribution in [2.24, 2.45) is 0 Å². The lowest BCUT2D eigenvalue weighted by Crippen LogP contribution is -1.88. The Hall–Kier alpha value is -0.340. The Balaban J connectivity index is 1.82. The molecule has 1 atom stereocenters. The van der Waals surface area contributed by atoms with Gasteiger partial charge in [0, 0.05) is 16.2 Å². The van der Waals surface area contributed by atoms with Gasteiger partial charge in [0.1, 0.15) is 0 Å². The predicted octanol–water partition coefficient (Wildman–Crippen LogP) is 2.18. The third-order valence-corrected chi connectivity index (χ3v) is 3.89. The van der Waals surface area contributed by atoms with Crippen LogP contribution in [0.4, 0.5) is 0 Å². The van der Waals surface area contributed by atoms with Gasteiger partial charge >= 0.3 is 0 Å². The van der Waals surface area contributed by atoms with Crippen LogP contribution in [0.15, 0.2) is 6.07 Å². The van der Waals surface area contributed by atoms with E-state index >= 15 is 0 Å². The van der Waals surface area contributed by atoms with Crippen molar-refractivity contribution in [1.29, 1.82) is 0 Å². The standard InChI is InChI=1S/C10H12OS/c1-2-7-4-9(5-8-6-11-8)12-10(7)3-1/h4,8H,1-3,5-6H2. The largest absolute Gasteiger partial charge is 0.373 e. The number of thiophene rings is 1. The summed E-state index contributed by atoms with van der Waals surface area (Å²) in [4.78, 5) is 3.19. The molecule has 1 aromatic rings. The first-order valence-corrected chi connectivity index (χ1v) is 5.45. The van der Waals surface area contributed by atoms with E-state index in [2.05, 4.69) is 6.07 Å². The van der Waals surface area contributed by atoms with E-state index in [4.69, 9.17) is 4.74 Å². The number of aryl methyl sites for hydroxylation is 2. The Kier molecular flexibility index (Phi) is 1.52. The number of rotatable bonds is 2. The van der Waals surface area contributed by atoms with Crippen LogP contribution in [0.2, 0.25) is 0 Å². The van der Waals surface area contributed by atoms with Crippen LogP contribution in [0.5, 0.6) is 0 Å². The number of epoxide rings is 1. The Morgan fingerprint density at radius 2 is 2.42 bits per heavy atom. The fourth-order valence-corrected chi connectivity index (χ4v) is 3.23. The second kappa shape index (κ2) is 2.57. The molecule has 0 amide bonds. The van der Waals surface area contributed by atoms with Crippen LogP contribution in [0.3, 0.4) is 0 Å². The molecular formula is C10H12OS. The normalized spacial score (nSPS) is 25.8. The lowest BCUT2D eigenvalue weighted by molar-refractivity contribution is 0.408. The zero-order chi connectivity index (χ0) is 7.97. The average molecular weight is 180 g/mol. The monoisotopic (exact) mass is 180 g/mol. The SMILES string of the molecule is c1c(CC2CO2)sc2c1CCC2. The molecule has 0 N–H and O–H groups in total. The summed E-state index contributed by atoms with van der Waals surface area (Å²) in [5.74, 6) is 0. The Morgan fingerprint density at radius 3 is 3.17 bits per heavy atom. The third kappa shape index (κ3) is 1.19. The van der Waals surface area contributed by atoms with Crippen LogP contribution in [0.25, 0.3) is 0 Å². The molecule has 2 aliphatic rings. The molecule has 1 unspecified atom stereocenters. The molecule has 0 spiro atoms. The van der Waals surface area contributed by atoms with E-state index in [0.29, 0.717) is 6.10 Å². The van der Waals surface area contributed by atoms with Gasteiger partial charge in [-0.15, -0.1) is 11.3 Å². The first kappa shape index (κ1) is 7.10. The summed E-state index contributed by atoms with van der Waals surface area (Å²) in [5.41, 5.74) is 1.62. The molecule has 1 aromatic heterocycles. The van der Waals surface area contributed by atoms with Crippen LogP contribution in [0, 0.1) is 0 Å². The highest BCUT2D eigenvalue weighted by Gasteiger charge is 2.24. The van der Waals surface area contributed by atoms with Crippen molar-refractivity contribution in [3.8, 4) is 0 Å². The van der Waals surface area contributed by atoms with Crippen molar-refractivity contribution in [1.82, 2.24) is 0 Å². The minimum atomic E-state index is 0.559. The molecule has 1 fully saturated rings. The first-order chi connectivity index (χ1) is 5.92. The van der Waals surface area contributed by atoms with E-state index in [9.17, 15) is 0 Å². The fourth-order valence-electron chi connectivity index (χ4n) is 1.90. The predicted molar refractivity (Wildman–Crippen MR) is 49.8 cm³/mol. The molecular weight excluding hydrogens is 168 g/mol. The van der Waals surface area contributed by atoms with Crippen LogP contribution in [-0.4, -0.2) is 12.7 Å². The average Bonchev–Trinajstić information content (AvgIpc) is 2.56. The highest BCUT2D eigenvalue weighted by atomic mass is 32.1. The first-order valence-electron chi connectivity index (χ1n) is 4.64. The Morgan fingerprint density at radius 1 is 1.50 bits per heavy atom. The molecule has 2 heteroatoms. The maximum Gasteiger partial charge on any atom is 0.0858 e. The molecule has 2 heterocycles. The fraction of sp³-hybridized carbons (Fsp3) is 0.600. The maximum atomic E-state index is 5.22. The number of hydrogen-bond donors (Lipinski definition) is 0. The second-order valence-corrected chi connectivity index (χ2v) is 4.90. The molecule has 0 radical (unpaired) electrons. The summed E-state index contributed by atoms with van der Waals surface area (Å²) in [6.45, 7) is 0.989. The van der Waals surface area contributed by atoms with E-state index in [1.54, 1.807) is 15.3 Å². The molecule has 1 aliphatic heterocycles. The molecule has 0 bridgehead atoms. The molecule has 0 aromatic carbocycles. The third-order valence-electron chi connectivity index (χ3n) is 2.63. The summed E-state index contributed by atoms with van der Waals surface area (Å²) in [7, 11) is 0. The molecule has 0 saturated carbocycles. The Labute approximate surface area is 76.4 Å². The van der Waals surface area contributed by atoms with Crippen molar-refractivity contribution in [2.75, 3.05) is 6.61 Å². The molecule has 1 saturated heterocycles. The molecule has 12 heavy (non-hydrogen) atoms. The van der Waals surface area contributed by atoms with Crippen LogP contribution >= 0.6 is 11.3 Å². The van der Waals surface area contributed by atoms with Crippen molar-refractivity contribution < 1.29 is 4.74 Å². The summed E-state index contributed by atoms with van der Waals surface area (Å²) in [6, 6.07) is 2.40. The number of ether oxygens (including phenoxy) is 1. The van der Waals surface area contributed by atoms with Gasteiger partial charge in [-0.05, 0) is 30.9 Å². The number of fused-ring (bicyclic) bond motifs is 1. The van der Waals surface area contributed by atoms with Gasteiger partial charge in [0.05, 0.1) is 12.7 Å². The number of hydrogen-bond acceptors (Lipinski definition) is 2. The minimum absolute atomic E-state index is 0.559. The van der Waals surface area contributed by atoms with Gasteiger partial charge in [-0.1, -0.05) is 0 Å². The van der Waals surface area contributed by atoms with Crippen LogP contribution in [0.1, 0.15) is 21.7 Å².